The first-order valence-corrected chi connectivity index (χ1v) is 6.88. The Kier molecular flexibility index (Phi) is 3.53. The zero-order valence-electron chi connectivity index (χ0n) is 10.8. The van der Waals surface area contributed by atoms with Crippen LogP contribution in [0.25, 0.3) is 0 Å². The summed E-state index contributed by atoms with van der Waals surface area (Å²) in [6.07, 6.45) is 1.06. The lowest BCUT2D eigenvalue weighted by molar-refractivity contribution is 0.299. The van der Waals surface area contributed by atoms with Crippen LogP contribution >= 0.6 is 11.6 Å². The fraction of sp³-hybridized carbons (Fsp3) is 0.429. The highest BCUT2D eigenvalue weighted by Crippen LogP contribution is 2.36. The molecular weight excluding hydrogens is 262 g/mol. The van der Waals surface area contributed by atoms with Gasteiger partial charge in [-0.15, -0.1) is 0 Å². The number of hydrogen-bond donors (Lipinski definition) is 1. The molecule has 2 aromatic rings. The van der Waals surface area contributed by atoms with E-state index in [1.54, 1.807) is 0 Å². The molecule has 1 aliphatic heterocycles. The second-order valence-corrected chi connectivity index (χ2v) is 5.37. The van der Waals surface area contributed by atoms with E-state index in [-0.39, 0.29) is 5.92 Å². The summed E-state index contributed by atoms with van der Waals surface area (Å²) in [5, 5.41) is 8.07. The molecule has 0 amide bonds. The number of hydrogen-bond acceptors (Lipinski definition) is 4. The van der Waals surface area contributed by atoms with Gasteiger partial charge in [-0.3, -0.25) is 0 Å². The molecule has 1 saturated heterocycles. The third-order valence-electron chi connectivity index (χ3n) is 3.64. The molecule has 1 aromatic heterocycles. The lowest BCUT2D eigenvalue weighted by Gasteiger charge is -2.30. The number of nitrogens with zero attached hydrogens (tertiary/aromatic N) is 2. The molecule has 1 fully saturated rings. The number of halogens is 1. The summed E-state index contributed by atoms with van der Waals surface area (Å²) in [6, 6.07) is 8.06. The maximum absolute atomic E-state index is 5.95. The number of aryl methyl sites for hydroxylation is 1. The largest absolute Gasteiger partial charge is 0.339 e. The van der Waals surface area contributed by atoms with Crippen molar-refractivity contribution >= 4 is 11.6 Å². The summed E-state index contributed by atoms with van der Waals surface area (Å²) in [5.74, 6) is 2.05. The van der Waals surface area contributed by atoms with Crippen molar-refractivity contribution < 1.29 is 4.52 Å². The molecule has 4 nitrogen and oxygen atoms in total. The molecule has 5 heteroatoms. The summed E-state index contributed by atoms with van der Waals surface area (Å²) in [6.45, 7) is 3.73. The van der Waals surface area contributed by atoms with Gasteiger partial charge >= 0.3 is 0 Å². The average Bonchev–Trinajstić information content (AvgIpc) is 2.86. The van der Waals surface area contributed by atoms with Crippen LogP contribution in [0.1, 0.15) is 35.5 Å². The van der Waals surface area contributed by atoms with Crippen LogP contribution < -0.4 is 5.32 Å². The lowest BCUT2D eigenvalue weighted by atomic mass is 9.81. The van der Waals surface area contributed by atoms with E-state index in [1.165, 1.54) is 5.56 Å². The van der Waals surface area contributed by atoms with Gasteiger partial charge in [0.05, 0.1) is 5.92 Å². The molecule has 100 valence electrons. The minimum absolute atomic E-state index is 0.233. The van der Waals surface area contributed by atoms with Gasteiger partial charge in [0.25, 0.3) is 0 Å². The number of benzene rings is 1. The molecule has 2 atom stereocenters. The predicted octanol–water partition coefficient (Wildman–Crippen LogP) is 2.89. The number of piperidine rings is 1. The van der Waals surface area contributed by atoms with Crippen LogP contribution in [0.3, 0.4) is 0 Å². The molecule has 1 N–H and O–H groups in total. The van der Waals surface area contributed by atoms with Gasteiger partial charge in [-0.05, 0) is 43.5 Å². The van der Waals surface area contributed by atoms with Crippen LogP contribution in [0, 0.1) is 6.92 Å². The number of rotatable bonds is 2. The standard InChI is InChI=1S/C14H16ClN3O/c1-9-17-14(19-18-9)13-8-16-7-6-12(13)10-2-4-11(15)5-3-10/h2-5,12-13,16H,6-8H2,1H3/t12-,13+/m1/s1. The van der Waals surface area contributed by atoms with Gasteiger partial charge in [-0.2, -0.15) is 4.98 Å². The van der Waals surface area contributed by atoms with Crippen molar-refractivity contribution in [3.63, 3.8) is 0 Å². The van der Waals surface area contributed by atoms with Crippen LogP contribution in [0.5, 0.6) is 0 Å². The van der Waals surface area contributed by atoms with Crippen LogP contribution in [0.15, 0.2) is 28.8 Å². The minimum Gasteiger partial charge on any atom is -0.339 e. The Morgan fingerprint density at radius 1 is 1.26 bits per heavy atom. The van der Waals surface area contributed by atoms with Crippen LogP contribution in [0.4, 0.5) is 0 Å². The summed E-state index contributed by atoms with van der Waals surface area (Å²) in [7, 11) is 0. The highest BCUT2D eigenvalue weighted by molar-refractivity contribution is 6.30. The van der Waals surface area contributed by atoms with E-state index >= 15 is 0 Å². The first-order valence-electron chi connectivity index (χ1n) is 6.50. The van der Waals surface area contributed by atoms with E-state index in [1.807, 2.05) is 19.1 Å². The quantitative estimate of drug-likeness (QED) is 0.917. The van der Waals surface area contributed by atoms with E-state index in [4.69, 9.17) is 16.1 Å². The summed E-state index contributed by atoms with van der Waals surface area (Å²) in [5.41, 5.74) is 1.28. The highest BCUT2D eigenvalue weighted by Gasteiger charge is 2.31. The second kappa shape index (κ2) is 5.31. The average molecular weight is 278 g/mol. The van der Waals surface area contributed by atoms with Crippen molar-refractivity contribution in [2.24, 2.45) is 0 Å². The Bertz CT molecular complexity index is 552. The summed E-state index contributed by atoms with van der Waals surface area (Å²) < 4.78 is 5.35. The van der Waals surface area contributed by atoms with Crippen molar-refractivity contribution in [2.45, 2.75) is 25.2 Å². The van der Waals surface area contributed by atoms with Crippen molar-refractivity contribution in [3.8, 4) is 0 Å². The third-order valence-corrected chi connectivity index (χ3v) is 3.89. The van der Waals surface area contributed by atoms with Crippen LogP contribution in [0.2, 0.25) is 5.02 Å². The van der Waals surface area contributed by atoms with Gasteiger partial charge in [0.15, 0.2) is 5.82 Å². The van der Waals surface area contributed by atoms with E-state index in [0.717, 1.165) is 30.4 Å². The third kappa shape index (κ3) is 2.65. The SMILES string of the molecule is Cc1noc([C@H]2CNCC[C@@H]2c2ccc(Cl)cc2)n1. The van der Waals surface area contributed by atoms with Gasteiger partial charge in [0, 0.05) is 11.6 Å². The van der Waals surface area contributed by atoms with Gasteiger partial charge < -0.3 is 9.84 Å². The Hall–Kier alpha value is -1.39. The van der Waals surface area contributed by atoms with Gasteiger partial charge in [-0.25, -0.2) is 0 Å². The number of nitrogens with one attached hydrogen (secondary N) is 1. The molecule has 0 spiro atoms. The molecule has 2 heterocycles. The monoisotopic (exact) mass is 277 g/mol. The maximum atomic E-state index is 5.95. The normalized spacial score (nSPS) is 23.5. The van der Waals surface area contributed by atoms with Crippen molar-refractivity contribution in [3.05, 3.63) is 46.6 Å². The summed E-state index contributed by atoms with van der Waals surface area (Å²) >= 11 is 5.95. The Labute approximate surface area is 117 Å². The van der Waals surface area contributed by atoms with E-state index in [9.17, 15) is 0 Å². The van der Waals surface area contributed by atoms with Gasteiger partial charge in [0.2, 0.25) is 5.89 Å². The zero-order valence-corrected chi connectivity index (χ0v) is 11.5. The smallest absolute Gasteiger partial charge is 0.231 e. The second-order valence-electron chi connectivity index (χ2n) is 4.94. The number of aromatic nitrogens is 2. The fourth-order valence-corrected chi connectivity index (χ4v) is 2.82. The van der Waals surface area contributed by atoms with Crippen molar-refractivity contribution in [2.75, 3.05) is 13.1 Å². The molecule has 0 bridgehead atoms. The van der Waals surface area contributed by atoms with Crippen molar-refractivity contribution in [1.82, 2.24) is 15.5 Å². The van der Waals surface area contributed by atoms with Gasteiger partial charge in [0.1, 0.15) is 0 Å². The van der Waals surface area contributed by atoms with Crippen LogP contribution in [-0.2, 0) is 0 Å². The topological polar surface area (TPSA) is 51.0 Å². The lowest BCUT2D eigenvalue weighted by Crippen LogP contribution is -2.34. The Morgan fingerprint density at radius 2 is 2.05 bits per heavy atom. The van der Waals surface area contributed by atoms with E-state index in [2.05, 4.69) is 27.6 Å². The zero-order chi connectivity index (χ0) is 13.2. The Balaban J connectivity index is 1.90. The maximum Gasteiger partial charge on any atom is 0.231 e. The fourth-order valence-electron chi connectivity index (χ4n) is 2.69. The molecule has 1 aliphatic rings. The first kappa shape index (κ1) is 12.6. The molecule has 1 aromatic carbocycles. The molecule has 0 saturated carbocycles. The van der Waals surface area contributed by atoms with Crippen LogP contribution in [-0.4, -0.2) is 23.2 Å². The van der Waals surface area contributed by atoms with Gasteiger partial charge in [-0.1, -0.05) is 28.9 Å². The molecule has 0 aliphatic carbocycles. The first-order chi connectivity index (χ1) is 9.24. The van der Waals surface area contributed by atoms with E-state index < -0.39 is 0 Å². The molecule has 19 heavy (non-hydrogen) atoms. The molecule has 0 radical (unpaired) electrons. The molecule has 3 rings (SSSR count). The molecular formula is C14H16ClN3O. The van der Waals surface area contributed by atoms with Crippen molar-refractivity contribution in [1.29, 1.82) is 0 Å². The molecule has 0 unspecified atom stereocenters. The predicted molar refractivity (Wildman–Crippen MR) is 73.5 cm³/mol. The summed E-state index contributed by atoms with van der Waals surface area (Å²) in [4.78, 5) is 4.38. The Morgan fingerprint density at radius 3 is 2.74 bits per heavy atom. The minimum atomic E-state index is 0.233. The van der Waals surface area contributed by atoms with E-state index in [0.29, 0.717) is 11.7 Å². The highest BCUT2D eigenvalue weighted by atomic mass is 35.5.